The van der Waals surface area contributed by atoms with Crippen LogP contribution in [0.1, 0.15) is 12.5 Å². The minimum Gasteiger partial charge on any atom is -0.374 e. The Morgan fingerprint density at radius 3 is 3.10 bits per heavy atom. The molecule has 20 heavy (non-hydrogen) atoms. The van der Waals surface area contributed by atoms with Crippen molar-refractivity contribution in [2.24, 2.45) is 5.84 Å². The number of hydrogen-bond acceptors (Lipinski definition) is 4. The molecule has 1 heterocycles. The van der Waals surface area contributed by atoms with Gasteiger partial charge in [0.05, 0.1) is 18.8 Å². The third-order valence-corrected chi connectivity index (χ3v) is 4.51. The molecule has 0 bridgehead atoms. The van der Waals surface area contributed by atoms with Gasteiger partial charge in [0.25, 0.3) is 0 Å². The third-order valence-electron chi connectivity index (χ3n) is 3.74. The molecule has 2 unspecified atom stereocenters. The molecule has 1 saturated heterocycles. The number of benzene rings is 1. The van der Waals surface area contributed by atoms with Crippen molar-refractivity contribution in [2.75, 3.05) is 26.2 Å². The molecule has 6 heteroatoms. The lowest BCUT2D eigenvalue weighted by Gasteiger charge is -2.36. The summed E-state index contributed by atoms with van der Waals surface area (Å²) in [7, 11) is 0. The van der Waals surface area contributed by atoms with Crippen molar-refractivity contribution in [2.45, 2.75) is 25.5 Å². The molecule has 0 aliphatic carbocycles. The van der Waals surface area contributed by atoms with Gasteiger partial charge in [0.1, 0.15) is 5.82 Å². The van der Waals surface area contributed by atoms with Crippen LogP contribution in [0.2, 0.25) is 0 Å². The summed E-state index contributed by atoms with van der Waals surface area (Å²) in [4.78, 5) is 2.33. The van der Waals surface area contributed by atoms with E-state index in [2.05, 4.69) is 33.2 Å². The summed E-state index contributed by atoms with van der Waals surface area (Å²) in [6.45, 7) is 5.64. The maximum atomic E-state index is 13.3. The number of morpholine rings is 1. The van der Waals surface area contributed by atoms with Crippen LogP contribution in [-0.2, 0) is 11.2 Å². The van der Waals surface area contributed by atoms with Crippen molar-refractivity contribution in [3.8, 4) is 0 Å². The van der Waals surface area contributed by atoms with E-state index in [1.165, 1.54) is 12.1 Å². The number of nitrogens with zero attached hydrogens (tertiary/aromatic N) is 1. The molecule has 4 nitrogen and oxygen atoms in total. The average Bonchev–Trinajstić information content (AvgIpc) is 2.48. The molecular weight excluding hydrogens is 325 g/mol. The molecule has 1 aliphatic heterocycles. The highest BCUT2D eigenvalue weighted by Crippen LogP contribution is 2.21. The minimum absolute atomic E-state index is 0.0175. The summed E-state index contributed by atoms with van der Waals surface area (Å²) >= 11 is 3.45. The Balaban J connectivity index is 2.06. The van der Waals surface area contributed by atoms with Gasteiger partial charge in [-0.3, -0.25) is 16.2 Å². The Morgan fingerprint density at radius 1 is 1.60 bits per heavy atom. The molecule has 1 aliphatic rings. The lowest BCUT2D eigenvalue weighted by molar-refractivity contribution is -0.0448. The fourth-order valence-corrected chi connectivity index (χ4v) is 2.91. The van der Waals surface area contributed by atoms with Crippen LogP contribution in [-0.4, -0.2) is 43.3 Å². The number of nitrogens with one attached hydrogen (secondary N) is 1. The summed E-state index contributed by atoms with van der Waals surface area (Å²) in [5.41, 5.74) is 3.71. The third kappa shape index (κ3) is 3.99. The Bertz CT molecular complexity index is 446. The van der Waals surface area contributed by atoms with Gasteiger partial charge >= 0.3 is 0 Å². The van der Waals surface area contributed by atoms with Crippen LogP contribution in [0.4, 0.5) is 4.39 Å². The van der Waals surface area contributed by atoms with Crippen LogP contribution >= 0.6 is 15.9 Å². The summed E-state index contributed by atoms with van der Waals surface area (Å²) in [5.74, 6) is 5.43. The summed E-state index contributed by atoms with van der Waals surface area (Å²) in [5, 5.41) is 0. The van der Waals surface area contributed by atoms with E-state index >= 15 is 0 Å². The molecule has 1 fully saturated rings. The van der Waals surface area contributed by atoms with E-state index in [0.717, 1.165) is 29.7 Å². The number of likely N-dealkylation sites (N-methyl/N-ethyl adjacent to an activating group) is 1. The van der Waals surface area contributed by atoms with Crippen molar-refractivity contribution in [3.05, 3.63) is 34.1 Å². The molecular formula is C14H21BrFN3O. The fourth-order valence-electron chi connectivity index (χ4n) is 2.50. The molecule has 2 rings (SSSR count). The standard InChI is InChI=1S/C14H21BrFN3O/c1-2-19-5-6-20-14(9-19)13(18-17)8-10-7-11(16)3-4-12(10)15/h3-4,7,13-14,18H,2,5-6,8-9,17H2,1H3. The number of hydrogen-bond donors (Lipinski definition) is 2. The first-order chi connectivity index (χ1) is 9.63. The molecule has 1 aromatic rings. The second-order valence-corrected chi connectivity index (χ2v) is 5.87. The lowest BCUT2D eigenvalue weighted by atomic mass is 10.0. The minimum atomic E-state index is -0.237. The first kappa shape index (κ1) is 15.9. The molecule has 0 radical (unpaired) electrons. The van der Waals surface area contributed by atoms with Gasteiger partial charge in [-0.05, 0) is 36.7 Å². The highest BCUT2D eigenvalue weighted by atomic mass is 79.9. The lowest BCUT2D eigenvalue weighted by Crippen LogP contribution is -2.54. The van der Waals surface area contributed by atoms with Crippen LogP contribution in [0.15, 0.2) is 22.7 Å². The molecule has 2 atom stereocenters. The van der Waals surface area contributed by atoms with E-state index in [1.54, 1.807) is 6.07 Å². The SMILES string of the molecule is CCN1CCOC(C(Cc2cc(F)ccc2Br)NN)C1. The van der Waals surface area contributed by atoms with Crippen LogP contribution < -0.4 is 11.3 Å². The quantitative estimate of drug-likeness (QED) is 0.629. The van der Waals surface area contributed by atoms with E-state index < -0.39 is 0 Å². The van der Waals surface area contributed by atoms with Crippen LogP contribution in [0, 0.1) is 5.82 Å². The zero-order valence-corrected chi connectivity index (χ0v) is 13.2. The first-order valence-electron chi connectivity index (χ1n) is 6.88. The monoisotopic (exact) mass is 345 g/mol. The average molecular weight is 346 g/mol. The largest absolute Gasteiger partial charge is 0.374 e. The van der Waals surface area contributed by atoms with Gasteiger partial charge in [0.15, 0.2) is 0 Å². The Kier molecular flexibility index (Phi) is 5.92. The Hall–Kier alpha value is -0.530. The first-order valence-corrected chi connectivity index (χ1v) is 7.67. The van der Waals surface area contributed by atoms with Crippen LogP contribution in [0.25, 0.3) is 0 Å². The second-order valence-electron chi connectivity index (χ2n) is 5.02. The molecule has 112 valence electrons. The number of ether oxygens (including phenoxy) is 1. The maximum absolute atomic E-state index is 13.3. The Morgan fingerprint density at radius 2 is 2.40 bits per heavy atom. The van der Waals surface area contributed by atoms with Crippen molar-refractivity contribution >= 4 is 15.9 Å². The van der Waals surface area contributed by atoms with Gasteiger partial charge in [-0.2, -0.15) is 0 Å². The van der Waals surface area contributed by atoms with Crippen molar-refractivity contribution in [1.82, 2.24) is 10.3 Å². The van der Waals surface area contributed by atoms with E-state index in [4.69, 9.17) is 10.6 Å². The van der Waals surface area contributed by atoms with E-state index in [-0.39, 0.29) is 18.0 Å². The Labute approximate surface area is 127 Å². The summed E-state index contributed by atoms with van der Waals surface area (Å²) in [6, 6.07) is 4.66. The molecule has 1 aromatic carbocycles. The molecule has 0 spiro atoms. The topological polar surface area (TPSA) is 50.5 Å². The van der Waals surface area contributed by atoms with Crippen LogP contribution in [0.5, 0.6) is 0 Å². The fraction of sp³-hybridized carbons (Fsp3) is 0.571. The highest BCUT2D eigenvalue weighted by molar-refractivity contribution is 9.10. The smallest absolute Gasteiger partial charge is 0.123 e. The van der Waals surface area contributed by atoms with Crippen molar-refractivity contribution in [3.63, 3.8) is 0 Å². The van der Waals surface area contributed by atoms with Gasteiger partial charge in [-0.1, -0.05) is 22.9 Å². The summed E-state index contributed by atoms with van der Waals surface area (Å²) < 4.78 is 20.1. The molecule has 0 amide bonds. The van der Waals surface area contributed by atoms with Gasteiger partial charge in [-0.25, -0.2) is 4.39 Å². The van der Waals surface area contributed by atoms with Gasteiger partial charge in [0, 0.05) is 17.6 Å². The number of rotatable bonds is 5. The van der Waals surface area contributed by atoms with E-state index in [0.29, 0.717) is 13.0 Å². The molecule has 0 aromatic heterocycles. The van der Waals surface area contributed by atoms with Crippen LogP contribution in [0.3, 0.4) is 0 Å². The predicted molar refractivity (Wildman–Crippen MR) is 80.8 cm³/mol. The van der Waals surface area contributed by atoms with E-state index in [1.807, 2.05) is 0 Å². The zero-order chi connectivity index (χ0) is 14.5. The van der Waals surface area contributed by atoms with E-state index in [9.17, 15) is 4.39 Å². The normalized spacial score (nSPS) is 21.9. The van der Waals surface area contributed by atoms with Gasteiger partial charge in [0.2, 0.25) is 0 Å². The van der Waals surface area contributed by atoms with Gasteiger partial charge in [-0.15, -0.1) is 0 Å². The zero-order valence-electron chi connectivity index (χ0n) is 11.6. The number of nitrogens with two attached hydrogens (primary N) is 1. The second kappa shape index (κ2) is 7.47. The highest BCUT2D eigenvalue weighted by Gasteiger charge is 2.27. The number of hydrazine groups is 1. The molecule has 0 saturated carbocycles. The number of halogens is 2. The van der Waals surface area contributed by atoms with Gasteiger partial charge < -0.3 is 4.74 Å². The van der Waals surface area contributed by atoms with Crippen molar-refractivity contribution < 1.29 is 9.13 Å². The summed E-state index contributed by atoms with van der Waals surface area (Å²) in [6.07, 6.45) is 0.640. The maximum Gasteiger partial charge on any atom is 0.123 e. The van der Waals surface area contributed by atoms with Crippen molar-refractivity contribution in [1.29, 1.82) is 0 Å². The predicted octanol–water partition coefficient (Wildman–Crippen LogP) is 1.68. The molecule has 3 N–H and O–H groups in total.